The van der Waals surface area contributed by atoms with Gasteiger partial charge in [0.05, 0.1) is 27.7 Å². The molecule has 0 heterocycles. The van der Waals surface area contributed by atoms with Crippen molar-refractivity contribution in [3.05, 3.63) is 194 Å². The van der Waals surface area contributed by atoms with Gasteiger partial charge < -0.3 is 18.9 Å². The van der Waals surface area contributed by atoms with Gasteiger partial charge in [0.1, 0.15) is 19.8 Å². The molecule has 0 bridgehead atoms. The molecule has 0 aromatic carbocycles. The first-order valence-electron chi connectivity index (χ1n) is 35.2. The first-order chi connectivity index (χ1) is 44.0. The van der Waals surface area contributed by atoms with Crippen molar-refractivity contribution >= 4 is 19.8 Å². The van der Waals surface area contributed by atoms with Crippen LogP contribution in [0.5, 0.6) is 0 Å². The van der Waals surface area contributed by atoms with Crippen molar-refractivity contribution in [2.75, 3.05) is 47.5 Å². The Morgan fingerprint density at radius 3 is 0.889 bits per heavy atom. The van der Waals surface area contributed by atoms with Crippen molar-refractivity contribution in [3.8, 4) is 0 Å². The third kappa shape index (κ3) is 71.9. The highest BCUT2D eigenvalue weighted by Crippen LogP contribution is 2.43. The second-order valence-corrected chi connectivity index (χ2v) is 25.3. The quantitative estimate of drug-likeness (QED) is 0.0211. The number of phosphoric ester groups is 1. The maximum Gasteiger partial charge on any atom is 0.472 e. The number of esters is 2. The van der Waals surface area contributed by atoms with E-state index in [1.807, 2.05) is 21.1 Å². The Morgan fingerprint density at radius 2 is 0.600 bits per heavy atom. The Hall–Kier alpha value is -5.15. The van der Waals surface area contributed by atoms with E-state index < -0.39 is 26.5 Å². The second kappa shape index (κ2) is 68.2. The summed E-state index contributed by atoms with van der Waals surface area (Å²) in [6, 6.07) is 0. The normalized spacial score (nSPS) is 14.3. The number of ether oxygens (including phenoxy) is 2. The molecule has 0 aromatic rings. The molecule has 0 radical (unpaired) electrons. The molecule has 0 aromatic heterocycles. The highest BCUT2D eigenvalue weighted by atomic mass is 31.2. The van der Waals surface area contributed by atoms with Gasteiger partial charge in [-0.05, 0) is 141 Å². The van der Waals surface area contributed by atoms with Crippen LogP contribution < -0.4 is 0 Å². The van der Waals surface area contributed by atoms with Crippen LogP contribution in [0.3, 0.4) is 0 Å². The first kappa shape index (κ1) is 84.8. The number of nitrogens with zero attached hydrogens (tertiary/aromatic N) is 1. The fourth-order valence-corrected chi connectivity index (χ4v) is 9.55. The average molecular weight is 1260 g/mol. The van der Waals surface area contributed by atoms with Crippen molar-refractivity contribution in [2.24, 2.45) is 0 Å². The van der Waals surface area contributed by atoms with E-state index >= 15 is 0 Å². The standard InChI is InChI=1S/C80H128NO8P/c1-6-8-10-12-14-16-18-20-22-24-26-28-30-32-34-36-38-39-40-41-43-45-47-49-51-53-55-57-59-61-63-65-67-69-71-73-80(83)89-78(77-88-90(84,85)87-75-74-81(3,4)5)76-86-79(82)72-70-68-66-64-62-60-58-56-54-52-50-48-46-44-42-37-35-33-31-29-27-25-23-21-19-17-15-13-11-9-7-2/h8-11,14-17,20-23,26-29,32-35,38-39,41-44,47-50,54,56,78H,6-7,12-13,18-19,24-25,30-31,36-37,40,45-46,51-53,55,57-77H2,1-5H3/p+1/b10-8-,11-9-,16-14-,17-15-,22-20-,23-21-,28-26-,29-27-,34-32-,35-33-,39-38-,43-41-,44-42-,49-47-,50-48-,56-54-. The lowest BCUT2D eigenvalue weighted by Gasteiger charge is -2.24. The number of carbonyl (C=O) groups is 2. The Labute approximate surface area is 552 Å². The van der Waals surface area contributed by atoms with Crippen molar-refractivity contribution in [3.63, 3.8) is 0 Å². The van der Waals surface area contributed by atoms with E-state index in [-0.39, 0.29) is 32.0 Å². The molecule has 10 heteroatoms. The van der Waals surface area contributed by atoms with E-state index in [0.29, 0.717) is 23.9 Å². The summed E-state index contributed by atoms with van der Waals surface area (Å²) in [6.07, 6.45) is 107. The molecule has 0 spiro atoms. The van der Waals surface area contributed by atoms with Crippen LogP contribution in [0.2, 0.25) is 0 Å². The SMILES string of the molecule is CC/C=C\C/C=C\C/C=C\C/C=C\C/C=C\C/C=C\C/C=C\C/C=C\CCCCCCCCCCCCC(=O)OC(COC(=O)CCCCCCCC/C=C\C/C=C\C/C=C\C/C=C\C/C=C\C/C=C\C/C=C\C/C=C\CC)COP(=O)(O)OCC[N+](C)(C)C. The second-order valence-electron chi connectivity index (χ2n) is 23.8. The predicted molar refractivity (Wildman–Crippen MR) is 389 cm³/mol. The summed E-state index contributed by atoms with van der Waals surface area (Å²) in [5.41, 5.74) is 0. The summed E-state index contributed by atoms with van der Waals surface area (Å²) in [7, 11) is 1.44. The number of unbranched alkanes of at least 4 members (excludes halogenated alkanes) is 16. The molecule has 0 saturated carbocycles. The molecular weight excluding hydrogens is 1130 g/mol. The van der Waals surface area contributed by atoms with Crippen LogP contribution in [0.1, 0.15) is 245 Å². The van der Waals surface area contributed by atoms with Gasteiger partial charge >= 0.3 is 19.8 Å². The van der Waals surface area contributed by atoms with Gasteiger partial charge in [0.2, 0.25) is 0 Å². The molecule has 0 rings (SSSR count). The minimum Gasteiger partial charge on any atom is -0.462 e. The Morgan fingerprint density at radius 1 is 0.344 bits per heavy atom. The topological polar surface area (TPSA) is 108 Å². The fraction of sp³-hybridized carbons (Fsp3) is 0.575. The average Bonchev–Trinajstić information content (AvgIpc) is 3.61. The minimum absolute atomic E-state index is 0.0174. The molecule has 0 amide bonds. The maximum absolute atomic E-state index is 12.9. The third-order valence-corrected chi connectivity index (χ3v) is 15.1. The monoisotopic (exact) mass is 1260 g/mol. The number of quaternary nitrogens is 1. The lowest BCUT2D eigenvalue weighted by atomic mass is 10.0. The number of allylic oxidation sites excluding steroid dienone is 32. The van der Waals surface area contributed by atoms with Gasteiger partial charge in [0, 0.05) is 12.8 Å². The highest BCUT2D eigenvalue weighted by Gasteiger charge is 2.27. The van der Waals surface area contributed by atoms with Gasteiger partial charge in [0.25, 0.3) is 0 Å². The van der Waals surface area contributed by atoms with Crippen molar-refractivity contribution in [1.82, 2.24) is 0 Å². The molecular formula is C80H129NO8P+. The van der Waals surface area contributed by atoms with Gasteiger partial charge in [-0.15, -0.1) is 0 Å². The Balaban J connectivity index is 4.18. The van der Waals surface area contributed by atoms with E-state index in [2.05, 4.69) is 208 Å². The predicted octanol–water partition coefficient (Wildman–Crippen LogP) is 23.3. The summed E-state index contributed by atoms with van der Waals surface area (Å²) < 4.78 is 34.7. The van der Waals surface area contributed by atoms with Gasteiger partial charge in [-0.1, -0.05) is 285 Å². The van der Waals surface area contributed by atoms with E-state index in [1.54, 1.807) is 0 Å². The molecule has 0 saturated heterocycles. The lowest BCUT2D eigenvalue weighted by Crippen LogP contribution is -2.37. The number of hydrogen-bond acceptors (Lipinski definition) is 7. The third-order valence-electron chi connectivity index (χ3n) is 14.1. The zero-order valence-corrected chi connectivity index (χ0v) is 58.4. The van der Waals surface area contributed by atoms with Crippen LogP contribution in [0.15, 0.2) is 194 Å². The summed E-state index contributed by atoms with van der Waals surface area (Å²) >= 11 is 0. The van der Waals surface area contributed by atoms with E-state index in [1.165, 1.54) is 38.5 Å². The number of likely N-dealkylation sites (N-methyl/N-ethyl adjacent to an activating group) is 1. The van der Waals surface area contributed by atoms with Gasteiger partial charge in [-0.25, -0.2) is 4.57 Å². The van der Waals surface area contributed by atoms with Gasteiger partial charge in [-0.3, -0.25) is 18.6 Å². The highest BCUT2D eigenvalue weighted by molar-refractivity contribution is 7.47. The molecule has 9 nitrogen and oxygen atoms in total. The van der Waals surface area contributed by atoms with Crippen LogP contribution in [-0.4, -0.2) is 74.9 Å². The molecule has 2 atom stereocenters. The molecule has 1 N–H and O–H groups in total. The number of rotatable bonds is 62. The Kier molecular flexibility index (Phi) is 64.3. The summed E-state index contributed by atoms with van der Waals surface area (Å²) in [6.45, 7) is 4.16. The molecule has 0 fully saturated rings. The van der Waals surface area contributed by atoms with Crippen molar-refractivity contribution < 1.29 is 42.1 Å². The fourth-order valence-electron chi connectivity index (χ4n) is 8.81. The van der Waals surface area contributed by atoms with Crippen LogP contribution in [0, 0.1) is 0 Å². The molecule has 0 aliphatic carbocycles. The van der Waals surface area contributed by atoms with Crippen LogP contribution in [-0.2, 0) is 32.7 Å². The number of carbonyl (C=O) groups excluding carboxylic acids is 2. The molecule has 2 unspecified atom stereocenters. The maximum atomic E-state index is 12.9. The van der Waals surface area contributed by atoms with Crippen molar-refractivity contribution in [2.45, 2.75) is 251 Å². The summed E-state index contributed by atoms with van der Waals surface area (Å²) in [5, 5.41) is 0. The van der Waals surface area contributed by atoms with E-state index in [4.69, 9.17) is 18.5 Å². The van der Waals surface area contributed by atoms with Gasteiger partial charge in [-0.2, -0.15) is 0 Å². The lowest BCUT2D eigenvalue weighted by molar-refractivity contribution is -0.870. The Bertz CT molecular complexity index is 2220. The minimum atomic E-state index is -4.41. The molecule has 506 valence electrons. The van der Waals surface area contributed by atoms with Gasteiger partial charge in [0.15, 0.2) is 6.10 Å². The van der Waals surface area contributed by atoms with Crippen LogP contribution >= 0.6 is 7.82 Å². The van der Waals surface area contributed by atoms with Crippen LogP contribution in [0.4, 0.5) is 0 Å². The van der Waals surface area contributed by atoms with E-state index in [0.717, 1.165) is 167 Å². The molecule has 0 aliphatic rings. The number of hydrogen-bond donors (Lipinski definition) is 1. The zero-order valence-electron chi connectivity index (χ0n) is 57.5. The van der Waals surface area contributed by atoms with Crippen molar-refractivity contribution in [1.29, 1.82) is 0 Å². The summed E-state index contributed by atoms with van der Waals surface area (Å²) in [4.78, 5) is 35.9. The number of phosphoric acid groups is 1. The smallest absolute Gasteiger partial charge is 0.462 e. The summed E-state index contributed by atoms with van der Waals surface area (Å²) in [5.74, 6) is -0.833. The molecule has 0 aliphatic heterocycles. The first-order valence-corrected chi connectivity index (χ1v) is 36.7. The molecule has 90 heavy (non-hydrogen) atoms. The van der Waals surface area contributed by atoms with E-state index in [9.17, 15) is 19.0 Å². The zero-order chi connectivity index (χ0) is 65.5. The largest absolute Gasteiger partial charge is 0.472 e. The van der Waals surface area contributed by atoms with Crippen LogP contribution in [0.25, 0.3) is 0 Å².